The molecule has 0 spiro atoms. The van der Waals surface area contributed by atoms with Crippen molar-refractivity contribution in [1.29, 1.82) is 5.26 Å². The zero-order chi connectivity index (χ0) is 11.8. The van der Waals surface area contributed by atoms with E-state index in [0.717, 1.165) is 11.6 Å². The minimum atomic E-state index is 0.0577. The van der Waals surface area contributed by atoms with E-state index in [1.165, 1.54) is 12.8 Å². The number of nitrogens with two attached hydrogens (primary N) is 1. The van der Waals surface area contributed by atoms with Gasteiger partial charge in [-0.3, -0.25) is 0 Å². The number of hydrogen-bond donors (Lipinski definition) is 2. The van der Waals surface area contributed by atoms with Crippen LogP contribution in [0.1, 0.15) is 32.3 Å². The highest BCUT2D eigenvalue weighted by Gasteiger charge is 2.37. The van der Waals surface area contributed by atoms with Gasteiger partial charge in [0.15, 0.2) is 0 Å². The quantitative estimate of drug-likeness (QED) is 0.762. The molecule has 1 fully saturated rings. The molecule has 0 radical (unpaired) electrons. The first-order valence-corrected chi connectivity index (χ1v) is 5.61. The van der Waals surface area contributed by atoms with Crippen LogP contribution in [-0.4, -0.2) is 5.54 Å². The smallest absolute Gasteiger partial charge is 0.0992 e. The summed E-state index contributed by atoms with van der Waals surface area (Å²) in [5.74, 6) is 0.720. The predicted molar refractivity (Wildman–Crippen MR) is 66.0 cm³/mol. The first-order chi connectivity index (χ1) is 7.53. The summed E-state index contributed by atoms with van der Waals surface area (Å²) in [5.41, 5.74) is 8.17. The molecule has 16 heavy (non-hydrogen) atoms. The Hall–Kier alpha value is -1.69. The summed E-state index contributed by atoms with van der Waals surface area (Å²) in [6, 6.07) is 7.47. The second kappa shape index (κ2) is 3.71. The molecule has 0 atom stereocenters. The largest absolute Gasteiger partial charge is 0.397 e. The average molecular weight is 215 g/mol. The summed E-state index contributed by atoms with van der Waals surface area (Å²) in [6.07, 6.45) is 2.55. The van der Waals surface area contributed by atoms with E-state index in [2.05, 4.69) is 25.2 Å². The summed E-state index contributed by atoms with van der Waals surface area (Å²) in [7, 11) is 0. The van der Waals surface area contributed by atoms with Gasteiger partial charge in [0.2, 0.25) is 0 Å². The lowest BCUT2D eigenvalue weighted by Gasteiger charge is -2.28. The Labute approximate surface area is 96.3 Å². The van der Waals surface area contributed by atoms with Gasteiger partial charge in [-0.1, -0.05) is 0 Å². The normalized spacial score (nSPS) is 15.6. The fraction of sp³-hybridized carbons (Fsp3) is 0.462. The van der Waals surface area contributed by atoms with E-state index < -0.39 is 0 Å². The molecule has 0 unspecified atom stereocenters. The molecule has 0 bridgehead atoms. The van der Waals surface area contributed by atoms with Crippen molar-refractivity contribution in [2.24, 2.45) is 5.92 Å². The molecule has 3 nitrogen and oxygen atoms in total. The van der Waals surface area contributed by atoms with Gasteiger partial charge in [0.05, 0.1) is 23.0 Å². The first kappa shape index (κ1) is 10.8. The van der Waals surface area contributed by atoms with E-state index in [0.29, 0.717) is 11.3 Å². The topological polar surface area (TPSA) is 61.8 Å². The van der Waals surface area contributed by atoms with Crippen LogP contribution >= 0.6 is 0 Å². The molecule has 0 heterocycles. The van der Waals surface area contributed by atoms with Crippen molar-refractivity contribution in [2.45, 2.75) is 32.2 Å². The van der Waals surface area contributed by atoms with Crippen molar-refractivity contribution in [3.63, 3.8) is 0 Å². The van der Waals surface area contributed by atoms with E-state index in [-0.39, 0.29) is 5.54 Å². The number of nitriles is 1. The Balaban J connectivity index is 2.23. The molecule has 1 aromatic rings. The Kier molecular flexibility index (Phi) is 2.51. The molecule has 0 aromatic heterocycles. The minimum Gasteiger partial charge on any atom is -0.397 e. The Morgan fingerprint density at radius 3 is 2.69 bits per heavy atom. The molecule has 0 aliphatic heterocycles. The van der Waals surface area contributed by atoms with Gasteiger partial charge in [0.25, 0.3) is 0 Å². The van der Waals surface area contributed by atoms with Crippen molar-refractivity contribution >= 4 is 11.4 Å². The number of anilines is 2. The third kappa shape index (κ3) is 2.11. The average Bonchev–Trinajstić information content (AvgIpc) is 3.04. The van der Waals surface area contributed by atoms with Crippen LogP contribution in [0.2, 0.25) is 0 Å². The van der Waals surface area contributed by atoms with Gasteiger partial charge in [-0.2, -0.15) is 5.26 Å². The van der Waals surface area contributed by atoms with Crippen LogP contribution in [-0.2, 0) is 0 Å². The zero-order valence-corrected chi connectivity index (χ0v) is 9.75. The molecule has 0 amide bonds. The second-order valence-electron chi connectivity index (χ2n) is 5.03. The second-order valence-corrected chi connectivity index (χ2v) is 5.03. The van der Waals surface area contributed by atoms with E-state index in [9.17, 15) is 0 Å². The van der Waals surface area contributed by atoms with Crippen molar-refractivity contribution in [3.05, 3.63) is 23.8 Å². The van der Waals surface area contributed by atoms with E-state index in [1.54, 1.807) is 12.1 Å². The third-order valence-corrected chi connectivity index (χ3v) is 3.24. The Morgan fingerprint density at radius 1 is 1.44 bits per heavy atom. The highest BCUT2D eigenvalue weighted by molar-refractivity contribution is 5.69. The number of benzene rings is 1. The van der Waals surface area contributed by atoms with Gasteiger partial charge in [-0.15, -0.1) is 0 Å². The summed E-state index contributed by atoms with van der Waals surface area (Å²) < 4.78 is 0. The lowest BCUT2D eigenvalue weighted by atomic mass is 9.98. The molecule has 1 aromatic carbocycles. The highest BCUT2D eigenvalue weighted by atomic mass is 15.0. The number of rotatable bonds is 3. The van der Waals surface area contributed by atoms with Gasteiger partial charge in [0.1, 0.15) is 0 Å². The van der Waals surface area contributed by atoms with Crippen LogP contribution in [0.5, 0.6) is 0 Å². The van der Waals surface area contributed by atoms with Gasteiger partial charge < -0.3 is 11.1 Å². The number of nitrogens with zero attached hydrogens (tertiary/aromatic N) is 1. The van der Waals surface area contributed by atoms with Crippen LogP contribution in [0.3, 0.4) is 0 Å². The van der Waals surface area contributed by atoms with Gasteiger partial charge >= 0.3 is 0 Å². The van der Waals surface area contributed by atoms with Crippen LogP contribution in [0, 0.1) is 17.2 Å². The van der Waals surface area contributed by atoms with Gasteiger partial charge in [-0.25, -0.2) is 0 Å². The maximum Gasteiger partial charge on any atom is 0.0992 e. The molecule has 1 aliphatic carbocycles. The maximum atomic E-state index is 8.85. The number of nitrogens with one attached hydrogen (secondary N) is 1. The van der Waals surface area contributed by atoms with E-state index >= 15 is 0 Å². The minimum absolute atomic E-state index is 0.0577. The van der Waals surface area contributed by atoms with Crippen molar-refractivity contribution in [2.75, 3.05) is 11.1 Å². The molecule has 2 rings (SSSR count). The maximum absolute atomic E-state index is 8.85. The van der Waals surface area contributed by atoms with Gasteiger partial charge in [0, 0.05) is 5.54 Å². The van der Waals surface area contributed by atoms with Crippen molar-refractivity contribution in [3.8, 4) is 6.07 Å². The summed E-state index contributed by atoms with van der Waals surface area (Å²) in [5, 5.41) is 12.3. The van der Waals surface area contributed by atoms with Crippen LogP contribution < -0.4 is 11.1 Å². The number of nitrogen functional groups attached to an aromatic ring is 1. The molecule has 1 saturated carbocycles. The lowest BCUT2D eigenvalue weighted by molar-refractivity contribution is 0.495. The fourth-order valence-corrected chi connectivity index (χ4v) is 1.99. The van der Waals surface area contributed by atoms with Crippen LogP contribution in [0.4, 0.5) is 11.4 Å². The predicted octanol–water partition coefficient (Wildman–Crippen LogP) is 2.74. The Bertz CT molecular complexity index is 439. The fourth-order valence-electron chi connectivity index (χ4n) is 1.99. The molecule has 0 saturated heterocycles. The van der Waals surface area contributed by atoms with Crippen molar-refractivity contribution in [1.82, 2.24) is 0 Å². The molecular formula is C13H17N3. The first-order valence-electron chi connectivity index (χ1n) is 5.61. The molecule has 1 aliphatic rings. The summed E-state index contributed by atoms with van der Waals surface area (Å²) in [4.78, 5) is 0. The van der Waals surface area contributed by atoms with E-state index in [4.69, 9.17) is 11.0 Å². The molecule has 3 heteroatoms. The summed E-state index contributed by atoms with van der Waals surface area (Å²) >= 11 is 0. The standard InChI is InChI=1S/C13H17N3/c1-13(2,10-4-5-10)16-12-7-9(8-14)3-6-11(12)15/h3,6-7,10,16H,4-5,15H2,1-2H3. The number of hydrogen-bond acceptors (Lipinski definition) is 3. The monoisotopic (exact) mass is 215 g/mol. The van der Waals surface area contributed by atoms with Gasteiger partial charge in [-0.05, 0) is 50.8 Å². The SMILES string of the molecule is CC(C)(Nc1cc(C#N)ccc1N)C1CC1. The molecule has 3 N–H and O–H groups in total. The van der Waals surface area contributed by atoms with Crippen LogP contribution in [0.15, 0.2) is 18.2 Å². The van der Waals surface area contributed by atoms with Crippen molar-refractivity contribution < 1.29 is 0 Å². The third-order valence-electron chi connectivity index (χ3n) is 3.24. The lowest BCUT2D eigenvalue weighted by Crippen LogP contribution is -2.33. The van der Waals surface area contributed by atoms with Crippen LogP contribution in [0.25, 0.3) is 0 Å². The summed E-state index contributed by atoms with van der Waals surface area (Å²) in [6.45, 7) is 4.37. The Morgan fingerprint density at radius 2 is 2.12 bits per heavy atom. The molecular weight excluding hydrogens is 198 g/mol. The van der Waals surface area contributed by atoms with E-state index in [1.807, 2.05) is 6.07 Å². The zero-order valence-electron chi connectivity index (χ0n) is 9.75. The highest BCUT2D eigenvalue weighted by Crippen LogP contribution is 2.41. The molecule has 84 valence electrons.